The number of hydrogen-bond donors (Lipinski definition) is 1. The molecular formula is C8H11N2OS. The van der Waals surface area contributed by atoms with Crippen molar-refractivity contribution in [1.29, 1.82) is 0 Å². The zero-order chi connectivity index (χ0) is 8.97. The van der Waals surface area contributed by atoms with Gasteiger partial charge in [0.2, 0.25) is 0 Å². The summed E-state index contributed by atoms with van der Waals surface area (Å²) in [5.41, 5.74) is 0.880. The number of aryl methyl sites for hydroxylation is 1. The van der Waals surface area contributed by atoms with E-state index in [0.717, 1.165) is 12.1 Å². The zero-order valence-electron chi connectivity index (χ0n) is 7.13. The SMILES string of the molecule is CCc1[c]ccc(N[S+](C)[O-])n1. The van der Waals surface area contributed by atoms with Gasteiger partial charge in [-0.25, -0.2) is 4.98 Å². The van der Waals surface area contributed by atoms with Gasteiger partial charge in [0, 0.05) is 6.07 Å². The van der Waals surface area contributed by atoms with Gasteiger partial charge < -0.3 is 4.55 Å². The van der Waals surface area contributed by atoms with Crippen LogP contribution in [0.15, 0.2) is 12.1 Å². The monoisotopic (exact) mass is 183 g/mol. The molecule has 0 aliphatic rings. The first-order valence-electron chi connectivity index (χ1n) is 3.70. The highest BCUT2D eigenvalue weighted by molar-refractivity contribution is 7.92. The molecule has 1 unspecified atom stereocenters. The molecule has 0 bridgehead atoms. The van der Waals surface area contributed by atoms with Gasteiger partial charge in [-0.3, -0.25) is 0 Å². The Morgan fingerprint density at radius 1 is 1.75 bits per heavy atom. The normalized spacial score (nSPS) is 12.6. The van der Waals surface area contributed by atoms with Crippen LogP contribution in [0.5, 0.6) is 0 Å². The average molecular weight is 183 g/mol. The molecule has 0 saturated heterocycles. The van der Waals surface area contributed by atoms with E-state index in [4.69, 9.17) is 0 Å². The van der Waals surface area contributed by atoms with Gasteiger partial charge in [-0.2, -0.15) is 4.72 Å². The van der Waals surface area contributed by atoms with E-state index in [0.29, 0.717) is 5.82 Å². The number of pyridine rings is 1. The molecule has 0 fully saturated rings. The highest BCUT2D eigenvalue weighted by atomic mass is 32.2. The molecule has 1 aromatic rings. The minimum absolute atomic E-state index is 0.645. The first-order valence-corrected chi connectivity index (χ1v) is 5.26. The summed E-state index contributed by atoms with van der Waals surface area (Å²) < 4.78 is 13.5. The van der Waals surface area contributed by atoms with E-state index in [9.17, 15) is 4.55 Å². The molecule has 1 N–H and O–H groups in total. The minimum atomic E-state index is -1.05. The summed E-state index contributed by atoms with van der Waals surface area (Å²) in [6.07, 6.45) is 2.41. The van der Waals surface area contributed by atoms with E-state index in [1.165, 1.54) is 0 Å². The second kappa shape index (κ2) is 4.33. The van der Waals surface area contributed by atoms with E-state index < -0.39 is 11.4 Å². The van der Waals surface area contributed by atoms with Gasteiger partial charge in [-0.1, -0.05) is 6.92 Å². The maximum absolute atomic E-state index is 10.8. The predicted octanol–water partition coefficient (Wildman–Crippen LogP) is 1.15. The molecule has 0 spiro atoms. The Bertz CT molecular complexity index is 253. The molecule has 0 aromatic carbocycles. The van der Waals surface area contributed by atoms with Crippen LogP contribution in [0.4, 0.5) is 5.82 Å². The average Bonchev–Trinajstić information content (AvgIpc) is 2.03. The predicted molar refractivity (Wildman–Crippen MR) is 50.1 cm³/mol. The molecule has 1 atom stereocenters. The lowest BCUT2D eigenvalue weighted by molar-refractivity contribution is 0.605. The molecule has 1 heterocycles. The van der Waals surface area contributed by atoms with Crippen molar-refractivity contribution < 1.29 is 4.55 Å². The van der Waals surface area contributed by atoms with Crippen molar-refractivity contribution in [3.05, 3.63) is 23.9 Å². The zero-order valence-corrected chi connectivity index (χ0v) is 7.94. The van der Waals surface area contributed by atoms with Crippen LogP contribution in [0, 0.1) is 6.07 Å². The molecule has 0 saturated carbocycles. The number of rotatable bonds is 3. The molecule has 12 heavy (non-hydrogen) atoms. The van der Waals surface area contributed by atoms with Crippen molar-refractivity contribution in [2.45, 2.75) is 13.3 Å². The molecule has 1 radical (unpaired) electrons. The Hall–Kier alpha value is -0.740. The quantitative estimate of drug-likeness (QED) is 0.715. The number of aromatic nitrogens is 1. The fourth-order valence-electron chi connectivity index (χ4n) is 0.817. The summed E-state index contributed by atoms with van der Waals surface area (Å²) in [7, 11) is 0. The molecular weight excluding hydrogens is 172 g/mol. The second-order valence-corrected chi connectivity index (χ2v) is 3.44. The van der Waals surface area contributed by atoms with Crippen molar-refractivity contribution in [3.8, 4) is 0 Å². The second-order valence-electron chi connectivity index (χ2n) is 2.33. The standard InChI is InChI=1S/C8H11N2OS/c1-3-7-5-4-6-8(9-7)10-12(2)11/h4,6H,3H2,1-2H3,(H,9,10). The van der Waals surface area contributed by atoms with Crippen molar-refractivity contribution in [3.63, 3.8) is 0 Å². The van der Waals surface area contributed by atoms with Gasteiger partial charge >= 0.3 is 0 Å². The summed E-state index contributed by atoms with van der Waals surface area (Å²) in [5.74, 6) is 0.645. The topological polar surface area (TPSA) is 48.0 Å². The van der Waals surface area contributed by atoms with Crippen LogP contribution in [-0.4, -0.2) is 15.8 Å². The highest BCUT2D eigenvalue weighted by Crippen LogP contribution is 2.05. The van der Waals surface area contributed by atoms with Gasteiger partial charge in [-0.05, 0) is 18.6 Å². The lowest BCUT2D eigenvalue weighted by atomic mass is 10.3. The van der Waals surface area contributed by atoms with Crippen molar-refractivity contribution in [1.82, 2.24) is 4.98 Å². The highest BCUT2D eigenvalue weighted by Gasteiger charge is 2.00. The van der Waals surface area contributed by atoms with E-state index in [1.807, 2.05) is 6.92 Å². The Morgan fingerprint density at radius 3 is 3.08 bits per heavy atom. The lowest BCUT2D eigenvalue weighted by Crippen LogP contribution is -2.11. The summed E-state index contributed by atoms with van der Waals surface area (Å²) in [6, 6.07) is 6.51. The van der Waals surface area contributed by atoms with Crippen LogP contribution in [0.1, 0.15) is 12.6 Å². The molecule has 3 nitrogen and oxygen atoms in total. The molecule has 65 valence electrons. The molecule has 1 aromatic heterocycles. The third-order valence-electron chi connectivity index (χ3n) is 1.33. The van der Waals surface area contributed by atoms with Gasteiger partial charge in [0.25, 0.3) is 0 Å². The Labute approximate surface area is 75.5 Å². The third-order valence-corrected chi connectivity index (χ3v) is 1.83. The van der Waals surface area contributed by atoms with Crippen LogP contribution in [0.2, 0.25) is 0 Å². The van der Waals surface area contributed by atoms with Gasteiger partial charge in [0.15, 0.2) is 5.82 Å². The third kappa shape index (κ3) is 2.71. The minimum Gasteiger partial charge on any atom is -0.593 e. The van der Waals surface area contributed by atoms with Crippen molar-refractivity contribution >= 4 is 17.2 Å². The number of nitrogens with zero attached hydrogens (tertiary/aromatic N) is 1. The van der Waals surface area contributed by atoms with Crippen LogP contribution in [-0.2, 0) is 17.8 Å². The van der Waals surface area contributed by atoms with Gasteiger partial charge in [0.05, 0.1) is 17.1 Å². The maximum atomic E-state index is 10.8. The van der Waals surface area contributed by atoms with Crippen LogP contribution in [0.25, 0.3) is 0 Å². The summed E-state index contributed by atoms with van der Waals surface area (Å²) in [4.78, 5) is 4.17. The van der Waals surface area contributed by atoms with E-state index in [-0.39, 0.29) is 0 Å². The molecule has 0 aliphatic carbocycles. The molecule has 4 heteroatoms. The van der Waals surface area contributed by atoms with Crippen LogP contribution >= 0.6 is 0 Å². The fraction of sp³-hybridized carbons (Fsp3) is 0.375. The van der Waals surface area contributed by atoms with Crippen molar-refractivity contribution in [2.24, 2.45) is 0 Å². The van der Waals surface area contributed by atoms with Crippen molar-refractivity contribution in [2.75, 3.05) is 11.0 Å². The molecule has 1 rings (SSSR count). The number of nitrogens with one attached hydrogen (secondary N) is 1. The summed E-state index contributed by atoms with van der Waals surface area (Å²) in [6.45, 7) is 2.01. The maximum Gasteiger partial charge on any atom is 0.170 e. The Balaban J connectivity index is 2.72. The van der Waals surface area contributed by atoms with E-state index in [1.54, 1.807) is 18.4 Å². The fourth-order valence-corrected chi connectivity index (χ4v) is 1.23. The summed E-state index contributed by atoms with van der Waals surface area (Å²) >= 11 is -1.05. The Morgan fingerprint density at radius 2 is 2.50 bits per heavy atom. The first kappa shape index (κ1) is 9.35. The lowest BCUT2D eigenvalue weighted by Gasteiger charge is -2.06. The Kier molecular flexibility index (Phi) is 3.37. The smallest absolute Gasteiger partial charge is 0.170 e. The number of anilines is 1. The van der Waals surface area contributed by atoms with Crippen LogP contribution in [0.3, 0.4) is 0 Å². The van der Waals surface area contributed by atoms with Gasteiger partial charge in [-0.15, -0.1) is 0 Å². The van der Waals surface area contributed by atoms with E-state index in [2.05, 4.69) is 15.8 Å². The van der Waals surface area contributed by atoms with E-state index >= 15 is 0 Å². The van der Waals surface area contributed by atoms with Gasteiger partial charge in [0.1, 0.15) is 6.26 Å². The largest absolute Gasteiger partial charge is 0.593 e. The van der Waals surface area contributed by atoms with Crippen LogP contribution < -0.4 is 4.72 Å². The molecule has 0 amide bonds. The summed E-state index contributed by atoms with van der Waals surface area (Å²) in [5, 5.41) is 0. The first-order chi connectivity index (χ1) is 5.72. The number of hydrogen-bond acceptors (Lipinski definition) is 3. The molecule has 0 aliphatic heterocycles.